The lowest BCUT2D eigenvalue weighted by Crippen LogP contribution is -2.23. The van der Waals surface area contributed by atoms with Crippen LogP contribution in [0.15, 0.2) is 36.4 Å². The van der Waals surface area contributed by atoms with Crippen LogP contribution in [0.25, 0.3) is 11.6 Å². The van der Waals surface area contributed by atoms with Gasteiger partial charge in [0.25, 0.3) is 0 Å². The Labute approximate surface area is 161 Å². The van der Waals surface area contributed by atoms with Gasteiger partial charge in [0.1, 0.15) is 0 Å². The number of allylic oxidation sites excluding steroid dienone is 1. The van der Waals surface area contributed by atoms with Gasteiger partial charge in [-0.05, 0) is 31.2 Å². The fraction of sp³-hybridized carbons (Fsp3) is 0.158. The van der Waals surface area contributed by atoms with Gasteiger partial charge in [0.2, 0.25) is 0 Å². The average molecular weight is 392 g/mol. The molecule has 2 aromatic rings. The first kappa shape index (κ1) is 19.6. The number of aliphatic carboxylic acids is 1. The van der Waals surface area contributed by atoms with Crippen molar-refractivity contribution in [2.75, 3.05) is 7.11 Å². The zero-order chi connectivity index (χ0) is 19.3. The number of rotatable bonds is 6. The second kappa shape index (κ2) is 8.61. The van der Waals surface area contributed by atoms with Crippen LogP contribution in [0.4, 0.5) is 0 Å². The number of benzene rings is 2. The summed E-state index contributed by atoms with van der Waals surface area (Å²) in [5.41, 5.74) is 1.26. The smallest absolute Gasteiger partial charge is 0.344 e. The van der Waals surface area contributed by atoms with E-state index >= 15 is 0 Å². The molecule has 0 aliphatic rings. The van der Waals surface area contributed by atoms with Gasteiger partial charge in [-0.1, -0.05) is 41.4 Å². The summed E-state index contributed by atoms with van der Waals surface area (Å²) >= 11 is 12.1. The molecule has 2 rings (SSSR count). The predicted molar refractivity (Wildman–Crippen MR) is 101 cm³/mol. The molecule has 2 aromatic carbocycles. The largest absolute Gasteiger partial charge is 0.493 e. The Balaban J connectivity index is 2.57. The fourth-order valence-corrected chi connectivity index (χ4v) is 2.70. The Hall–Kier alpha value is -2.68. The minimum Gasteiger partial charge on any atom is -0.493 e. The molecule has 0 saturated heterocycles. The van der Waals surface area contributed by atoms with E-state index in [1.54, 1.807) is 42.5 Å². The summed E-state index contributed by atoms with van der Waals surface area (Å²) in [4.78, 5) is 11.1. The lowest BCUT2D eigenvalue weighted by atomic mass is 10.0. The van der Waals surface area contributed by atoms with Crippen LogP contribution in [0.1, 0.15) is 18.1 Å². The third-order valence-electron chi connectivity index (χ3n) is 3.51. The molecule has 0 bridgehead atoms. The van der Waals surface area contributed by atoms with Crippen LogP contribution < -0.4 is 9.47 Å². The zero-order valence-electron chi connectivity index (χ0n) is 14.0. The molecule has 26 heavy (non-hydrogen) atoms. The number of halogens is 2. The number of hydrogen-bond acceptors (Lipinski definition) is 4. The van der Waals surface area contributed by atoms with Gasteiger partial charge in [0.05, 0.1) is 23.8 Å². The van der Waals surface area contributed by atoms with Crippen molar-refractivity contribution in [2.24, 2.45) is 0 Å². The van der Waals surface area contributed by atoms with Crippen LogP contribution in [0.3, 0.4) is 0 Å². The molecule has 0 amide bonds. The van der Waals surface area contributed by atoms with E-state index in [9.17, 15) is 10.1 Å². The van der Waals surface area contributed by atoms with Crippen LogP contribution in [0, 0.1) is 11.3 Å². The lowest BCUT2D eigenvalue weighted by molar-refractivity contribution is -0.144. The van der Waals surface area contributed by atoms with Crippen LogP contribution in [-0.2, 0) is 4.79 Å². The highest BCUT2D eigenvalue weighted by Crippen LogP contribution is 2.35. The number of nitrogens with zero attached hydrogens (tertiary/aromatic N) is 1. The molecule has 0 fully saturated rings. The highest BCUT2D eigenvalue weighted by atomic mass is 35.5. The molecular formula is C19H15Cl2NO4. The van der Waals surface area contributed by atoms with Gasteiger partial charge in [0, 0.05) is 16.1 Å². The molecular weight excluding hydrogens is 377 g/mol. The van der Waals surface area contributed by atoms with E-state index in [-0.39, 0.29) is 11.3 Å². The van der Waals surface area contributed by atoms with Crippen molar-refractivity contribution in [3.05, 3.63) is 57.6 Å². The second-order valence-corrected chi connectivity index (χ2v) is 6.11. The number of hydrogen-bond donors (Lipinski definition) is 1. The number of para-hydroxylation sites is 1. The standard InChI is InChI=1S/C19H15Cl2NO4/c1-11(19(23)24)26-18-12(4-3-5-17(18)25-2)8-13(10-22)15-7-6-14(20)9-16(15)21/h3-9,11H,1-2H3,(H,23,24)/b13-8-/t11-/m1/s1. The minimum atomic E-state index is -1.12. The number of ether oxygens (including phenoxy) is 2. The van der Waals surface area contributed by atoms with Gasteiger partial charge >= 0.3 is 5.97 Å². The summed E-state index contributed by atoms with van der Waals surface area (Å²) in [6.45, 7) is 1.41. The summed E-state index contributed by atoms with van der Waals surface area (Å²) in [7, 11) is 1.45. The van der Waals surface area contributed by atoms with E-state index in [1.165, 1.54) is 14.0 Å². The molecule has 0 aliphatic heterocycles. The van der Waals surface area contributed by atoms with Crippen molar-refractivity contribution in [3.8, 4) is 17.6 Å². The highest BCUT2D eigenvalue weighted by Gasteiger charge is 2.18. The van der Waals surface area contributed by atoms with Crippen molar-refractivity contribution in [3.63, 3.8) is 0 Å². The molecule has 5 nitrogen and oxygen atoms in total. The van der Waals surface area contributed by atoms with Gasteiger partial charge in [-0.25, -0.2) is 4.79 Å². The van der Waals surface area contributed by atoms with Gasteiger partial charge in [-0.2, -0.15) is 5.26 Å². The molecule has 0 aliphatic carbocycles. The molecule has 0 spiro atoms. The van der Waals surface area contributed by atoms with E-state index in [0.717, 1.165) is 0 Å². The molecule has 0 heterocycles. The van der Waals surface area contributed by atoms with E-state index in [0.29, 0.717) is 26.9 Å². The lowest BCUT2D eigenvalue weighted by Gasteiger charge is -2.16. The second-order valence-electron chi connectivity index (χ2n) is 5.27. The van der Waals surface area contributed by atoms with Gasteiger partial charge < -0.3 is 14.6 Å². The summed E-state index contributed by atoms with van der Waals surface area (Å²) in [6, 6.07) is 11.9. The topological polar surface area (TPSA) is 79.5 Å². The third kappa shape index (κ3) is 4.48. The number of carbonyl (C=O) groups is 1. The van der Waals surface area contributed by atoms with Gasteiger partial charge in [-0.3, -0.25) is 0 Å². The Morgan fingerprint density at radius 1 is 1.31 bits per heavy atom. The normalized spacial score (nSPS) is 12.2. The maximum atomic E-state index is 11.1. The monoisotopic (exact) mass is 391 g/mol. The van der Waals surface area contributed by atoms with Crippen molar-refractivity contribution in [2.45, 2.75) is 13.0 Å². The van der Waals surface area contributed by atoms with Crippen molar-refractivity contribution in [1.29, 1.82) is 5.26 Å². The van der Waals surface area contributed by atoms with Gasteiger partial charge in [-0.15, -0.1) is 0 Å². The molecule has 1 atom stereocenters. The van der Waals surface area contributed by atoms with E-state index in [1.807, 2.05) is 0 Å². The Bertz CT molecular complexity index is 903. The summed E-state index contributed by atoms with van der Waals surface area (Å²) in [5.74, 6) is -0.541. The van der Waals surface area contributed by atoms with Crippen molar-refractivity contribution < 1.29 is 19.4 Å². The maximum absolute atomic E-state index is 11.1. The Kier molecular flexibility index (Phi) is 6.51. The number of carboxylic acid groups (broad SMARTS) is 1. The first-order valence-corrected chi connectivity index (χ1v) is 8.26. The number of nitriles is 1. The van der Waals surface area contributed by atoms with Gasteiger partial charge in [0.15, 0.2) is 17.6 Å². The minimum absolute atomic E-state index is 0.225. The molecule has 1 N–H and O–H groups in total. The average Bonchev–Trinajstić information content (AvgIpc) is 2.61. The zero-order valence-corrected chi connectivity index (χ0v) is 15.5. The molecule has 0 aromatic heterocycles. The van der Waals surface area contributed by atoms with Crippen molar-refractivity contribution in [1.82, 2.24) is 0 Å². The Morgan fingerprint density at radius 3 is 2.62 bits per heavy atom. The summed E-state index contributed by atoms with van der Waals surface area (Å²) in [5, 5.41) is 19.4. The quantitative estimate of drug-likeness (QED) is 0.558. The number of carboxylic acids is 1. The van der Waals surface area contributed by atoms with Crippen molar-refractivity contribution >= 4 is 40.8 Å². The van der Waals surface area contributed by atoms with Crippen LogP contribution in [-0.4, -0.2) is 24.3 Å². The molecule has 0 radical (unpaired) electrons. The summed E-state index contributed by atoms with van der Waals surface area (Å²) in [6.07, 6.45) is 0.463. The number of methoxy groups -OCH3 is 1. The van der Waals surface area contributed by atoms with Crippen LogP contribution in [0.5, 0.6) is 11.5 Å². The van der Waals surface area contributed by atoms with Crippen LogP contribution in [0.2, 0.25) is 10.0 Å². The third-order valence-corrected chi connectivity index (χ3v) is 4.06. The predicted octanol–water partition coefficient (Wildman–Crippen LogP) is 4.92. The van der Waals surface area contributed by atoms with E-state index < -0.39 is 12.1 Å². The fourth-order valence-electron chi connectivity index (χ4n) is 2.19. The molecule has 134 valence electrons. The van der Waals surface area contributed by atoms with E-state index in [4.69, 9.17) is 37.8 Å². The highest BCUT2D eigenvalue weighted by molar-refractivity contribution is 6.36. The first-order chi connectivity index (χ1) is 12.4. The molecule has 0 unspecified atom stereocenters. The molecule has 0 saturated carbocycles. The maximum Gasteiger partial charge on any atom is 0.344 e. The Morgan fingerprint density at radius 2 is 2.04 bits per heavy atom. The first-order valence-electron chi connectivity index (χ1n) is 7.51. The van der Waals surface area contributed by atoms with Crippen LogP contribution >= 0.6 is 23.2 Å². The molecule has 7 heteroatoms. The SMILES string of the molecule is COc1cccc(/C=C(/C#N)c2ccc(Cl)cc2Cl)c1O[C@H](C)C(=O)O. The summed E-state index contributed by atoms with van der Waals surface area (Å²) < 4.78 is 10.8. The van der Waals surface area contributed by atoms with E-state index in [2.05, 4.69) is 6.07 Å².